The summed E-state index contributed by atoms with van der Waals surface area (Å²) in [4.78, 5) is 11.2. The van der Waals surface area contributed by atoms with Gasteiger partial charge in [-0.15, -0.1) is 0 Å². The summed E-state index contributed by atoms with van der Waals surface area (Å²) in [7, 11) is 0. The van der Waals surface area contributed by atoms with Gasteiger partial charge in [-0.2, -0.15) is 0 Å². The summed E-state index contributed by atoms with van der Waals surface area (Å²) in [6.07, 6.45) is 0.904. The Morgan fingerprint density at radius 1 is 1.60 bits per heavy atom. The Kier molecular flexibility index (Phi) is 4.39. The van der Waals surface area contributed by atoms with E-state index in [1.807, 2.05) is 12.3 Å². The van der Waals surface area contributed by atoms with Gasteiger partial charge in [-0.3, -0.25) is 10.2 Å². The number of benzene rings is 1. The van der Waals surface area contributed by atoms with Gasteiger partial charge in [0.2, 0.25) is 0 Å². The minimum Gasteiger partial charge on any atom is -0.492 e. The van der Waals surface area contributed by atoms with Gasteiger partial charge >= 0.3 is 0 Å². The number of hydrazine groups is 1. The van der Waals surface area contributed by atoms with Crippen molar-refractivity contribution in [1.29, 1.82) is 0 Å². The van der Waals surface area contributed by atoms with E-state index in [2.05, 4.69) is 0 Å². The maximum Gasteiger partial charge on any atom is 0.265 e. The van der Waals surface area contributed by atoms with Crippen molar-refractivity contribution in [3.8, 4) is 5.75 Å². The zero-order valence-corrected chi connectivity index (χ0v) is 9.17. The number of rotatable bonds is 4. The monoisotopic (exact) mass is 228 g/mol. The number of hydrogen-bond donors (Lipinski definition) is 2. The zero-order valence-electron chi connectivity index (χ0n) is 8.42. The lowest BCUT2D eigenvalue weighted by molar-refractivity contribution is 0.0953. The van der Waals surface area contributed by atoms with E-state index in [4.69, 9.17) is 22.2 Å². The highest BCUT2D eigenvalue weighted by molar-refractivity contribution is 6.32. The Morgan fingerprint density at radius 3 is 2.87 bits per heavy atom. The van der Waals surface area contributed by atoms with E-state index in [0.717, 1.165) is 6.42 Å². The Labute approximate surface area is 93.3 Å². The molecule has 0 unspecified atom stereocenters. The maximum atomic E-state index is 11.2. The minimum absolute atomic E-state index is 0.376. The molecule has 0 bridgehead atoms. The molecule has 0 aliphatic heterocycles. The average Bonchev–Trinajstić information content (AvgIpc) is 2.26. The SMILES string of the molecule is CCCOc1ccc(C(=O)NN)cc1Cl. The van der Waals surface area contributed by atoms with Crippen LogP contribution in [0.5, 0.6) is 5.75 Å². The first-order valence-electron chi connectivity index (χ1n) is 4.62. The summed E-state index contributed by atoms with van der Waals surface area (Å²) in [5.41, 5.74) is 2.44. The third kappa shape index (κ3) is 3.11. The van der Waals surface area contributed by atoms with Gasteiger partial charge in [-0.25, -0.2) is 5.84 Å². The van der Waals surface area contributed by atoms with Crippen LogP contribution in [0.1, 0.15) is 23.7 Å². The number of carbonyl (C=O) groups excluding carboxylic acids is 1. The van der Waals surface area contributed by atoms with E-state index in [-0.39, 0.29) is 5.91 Å². The number of nitrogens with one attached hydrogen (secondary N) is 1. The Morgan fingerprint density at radius 2 is 2.33 bits per heavy atom. The standard InChI is InChI=1S/C10H13ClN2O2/c1-2-5-15-9-4-3-7(6-8(9)11)10(14)13-12/h3-4,6H,2,5,12H2,1H3,(H,13,14). The molecule has 0 spiro atoms. The normalized spacial score (nSPS) is 9.80. The fraction of sp³-hybridized carbons (Fsp3) is 0.300. The summed E-state index contributed by atoms with van der Waals surface area (Å²) in [6.45, 7) is 2.60. The molecule has 0 fully saturated rings. The molecule has 1 rings (SSSR count). The van der Waals surface area contributed by atoms with E-state index >= 15 is 0 Å². The second-order valence-electron chi connectivity index (χ2n) is 2.97. The van der Waals surface area contributed by atoms with Crippen LogP contribution < -0.4 is 16.0 Å². The molecular formula is C10H13ClN2O2. The molecule has 82 valence electrons. The van der Waals surface area contributed by atoms with Crippen molar-refractivity contribution >= 4 is 17.5 Å². The van der Waals surface area contributed by atoms with E-state index in [1.165, 1.54) is 6.07 Å². The maximum absolute atomic E-state index is 11.2. The van der Waals surface area contributed by atoms with Crippen molar-refractivity contribution in [3.05, 3.63) is 28.8 Å². The molecule has 0 aliphatic carbocycles. The molecule has 15 heavy (non-hydrogen) atoms. The summed E-state index contributed by atoms with van der Waals surface area (Å²) in [5.74, 6) is 5.20. The molecule has 0 radical (unpaired) electrons. The van der Waals surface area contributed by atoms with Crippen LogP contribution in [0.2, 0.25) is 5.02 Å². The van der Waals surface area contributed by atoms with Crippen LogP contribution in [0.4, 0.5) is 0 Å². The fourth-order valence-electron chi connectivity index (χ4n) is 1.05. The molecule has 0 atom stereocenters. The Balaban J connectivity index is 2.83. The van der Waals surface area contributed by atoms with Gasteiger partial charge < -0.3 is 4.74 Å². The van der Waals surface area contributed by atoms with Crippen molar-refractivity contribution < 1.29 is 9.53 Å². The molecule has 0 aliphatic rings. The largest absolute Gasteiger partial charge is 0.492 e. The molecule has 1 aromatic rings. The van der Waals surface area contributed by atoms with Gasteiger partial charge in [0, 0.05) is 5.56 Å². The molecule has 4 nitrogen and oxygen atoms in total. The summed E-state index contributed by atoms with van der Waals surface area (Å²) < 4.78 is 5.36. The van der Waals surface area contributed by atoms with Crippen LogP contribution in [0, 0.1) is 0 Å². The predicted octanol–water partition coefficient (Wildman–Crippen LogP) is 1.73. The number of nitrogen functional groups attached to an aromatic ring is 1. The van der Waals surface area contributed by atoms with Crippen LogP contribution in [-0.4, -0.2) is 12.5 Å². The number of amides is 1. The van der Waals surface area contributed by atoms with Gasteiger partial charge in [0.05, 0.1) is 11.6 Å². The zero-order chi connectivity index (χ0) is 11.3. The lowest BCUT2D eigenvalue weighted by Crippen LogP contribution is -2.29. The first kappa shape index (κ1) is 11.8. The van der Waals surface area contributed by atoms with Crippen LogP contribution >= 0.6 is 11.6 Å². The molecule has 0 heterocycles. The van der Waals surface area contributed by atoms with Crippen LogP contribution in [0.3, 0.4) is 0 Å². The molecule has 1 aromatic carbocycles. The highest BCUT2D eigenvalue weighted by Crippen LogP contribution is 2.25. The molecule has 0 saturated heterocycles. The molecular weight excluding hydrogens is 216 g/mol. The van der Waals surface area contributed by atoms with E-state index in [0.29, 0.717) is 22.9 Å². The lowest BCUT2D eigenvalue weighted by Gasteiger charge is -2.07. The highest BCUT2D eigenvalue weighted by atomic mass is 35.5. The van der Waals surface area contributed by atoms with Crippen molar-refractivity contribution in [2.75, 3.05) is 6.61 Å². The average molecular weight is 229 g/mol. The Hall–Kier alpha value is -1.26. The Bertz CT molecular complexity index is 355. The summed E-state index contributed by atoms with van der Waals surface area (Å²) >= 11 is 5.92. The van der Waals surface area contributed by atoms with Gasteiger partial charge in [0.15, 0.2) is 0 Å². The highest BCUT2D eigenvalue weighted by Gasteiger charge is 2.07. The summed E-state index contributed by atoms with van der Waals surface area (Å²) in [5, 5.41) is 0.407. The van der Waals surface area contributed by atoms with Crippen LogP contribution in [-0.2, 0) is 0 Å². The molecule has 0 aromatic heterocycles. The summed E-state index contributed by atoms with van der Waals surface area (Å²) in [6, 6.07) is 4.79. The quantitative estimate of drug-likeness (QED) is 0.469. The van der Waals surface area contributed by atoms with Gasteiger partial charge in [0.1, 0.15) is 5.75 Å². The third-order valence-electron chi connectivity index (χ3n) is 1.79. The second kappa shape index (κ2) is 5.58. The molecule has 5 heteroatoms. The second-order valence-corrected chi connectivity index (χ2v) is 3.37. The molecule has 1 amide bonds. The van der Waals surface area contributed by atoms with Gasteiger partial charge in [-0.1, -0.05) is 18.5 Å². The van der Waals surface area contributed by atoms with Crippen LogP contribution in [0.15, 0.2) is 18.2 Å². The molecule has 0 saturated carbocycles. The van der Waals surface area contributed by atoms with Crippen molar-refractivity contribution in [2.45, 2.75) is 13.3 Å². The van der Waals surface area contributed by atoms with E-state index in [1.54, 1.807) is 12.1 Å². The number of hydrogen-bond acceptors (Lipinski definition) is 3. The van der Waals surface area contributed by atoms with E-state index in [9.17, 15) is 4.79 Å². The number of carbonyl (C=O) groups is 1. The predicted molar refractivity (Wildman–Crippen MR) is 58.9 cm³/mol. The topological polar surface area (TPSA) is 64.3 Å². The first-order chi connectivity index (χ1) is 7.19. The number of halogens is 1. The van der Waals surface area contributed by atoms with Crippen molar-refractivity contribution in [2.24, 2.45) is 5.84 Å². The smallest absolute Gasteiger partial charge is 0.265 e. The van der Waals surface area contributed by atoms with E-state index < -0.39 is 0 Å². The fourth-order valence-corrected chi connectivity index (χ4v) is 1.29. The number of nitrogens with two attached hydrogens (primary N) is 1. The molecule has 3 N–H and O–H groups in total. The van der Waals surface area contributed by atoms with Gasteiger partial charge in [-0.05, 0) is 24.6 Å². The first-order valence-corrected chi connectivity index (χ1v) is 5.00. The third-order valence-corrected chi connectivity index (χ3v) is 2.08. The minimum atomic E-state index is -0.376. The van der Waals surface area contributed by atoms with Crippen molar-refractivity contribution in [1.82, 2.24) is 5.43 Å². The van der Waals surface area contributed by atoms with Gasteiger partial charge in [0.25, 0.3) is 5.91 Å². The lowest BCUT2D eigenvalue weighted by atomic mass is 10.2. The van der Waals surface area contributed by atoms with Crippen molar-refractivity contribution in [3.63, 3.8) is 0 Å². The van der Waals surface area contributed by atoms with Crippen LogP contribution in [0.25, 0.3) is 0 Å². The number of ether oxygens (including phenoxy) is 1.